The van der Waals surface area contributed by atoms with Crippen molar-refractivity contribution < 1.29 is 29.9 Å². The van der Waals surface area contributed by atoms with Crippen LogP contribution in [0, 0.1) is 36.3 Å². The molecule has 0 unspecified atom stereocenters. The molecule has 0 aromatic heterocycles. The van der Waals surface area contributed by atoms with E-state index in [1.807, 2.05) is 20.3 Å². The van der Waals surface area contributed by atoms with E-state index in [9.17, 15) is 0 Å². The van der Waals surface area contributed by atoms with Crippen molar-refractivity contribution in [3.05, 3.63) is 6.42 Å². The molecule has 0 spiro atoms. The quantitative estimate of drug-likeness (QED) is 0.643. The summed E-state index contributed by atoms with van der Waals surface area (Å²) in [7, 11) is 0. The summed E-state index contributed by atoms with van der Waals surface area (Å²) in [6.07, 6.45) is 2.00. The fraction of sp³-hybridized carbons (Fsp3) is 0.667. The Morgan fingerprint density at radius 3 is 1.14 bits per heavy atom. The molecular weight excluding hydrogens is 287 g/mol. The van der Waals surface area contributed by atoms with Gasteiger partial charge in [-0.3, -0.25) is 0 Å². The third-order valence-corrected chi connectivity index (χ3v) is 0. The molecule has 0 aromatic rings. The molecule has 1 radical (unpaired) electrons. The molecule has 0 aromatic carbocycles. The third-order valence-electron chi connectivity index (χ3n) is 0. The summed E-state index contributed by atoms with van der Waals surface area (Å²) in [6, 6.07) is 0. The SMILES string of the molecule is C[CH]C.[Cl][Nd]([Cl])[Cl]. The van der Waals surface area contributed by atoms with Crippen molar-refractivity contribution in [2.75, 3.05) is 0 Å². The Morgan fingerprint density at radius 2 is 1.14 bits per heavy atom. The van der Waals surface area contributed by atoms with Crippen molar-refractivity contribution in [1.29, 1.82) is 0 Å². The molecule has 4 heteroatoms. The average molecular weight is 294 g/mol. The molecule has 0 heterocycles. The van der Waals surface area contributed by atoms with E-state index in [2.05, 4.69) is 0 Å². The summed E-state index contributed by atoms with van der Waals surface area (Å²) in [6.45, 7) is 4.00. The van der Waals surface area contributed by atoms with E-state index in [0.29, 0.717) is 0 Å². The summed E-state index contributed by atoms with van der Waals surface area (Å²) in [5, 5.41) is 0. The molecule has 0 aliphatic carbocycles. The Morgan fingerprint density at radius 1 is 1.14 bits per heavy atom. The van der Waals surface area contributed by atoms with Gasteiger partial charge in [-0.15, -0.1) is 0 Å². The second-order valence-electron chi connectivity index (χ2n) is 0.792. The van der Waals surface area contributed by atoms with Gasteiger partial charge in [0.1, 0.15) is 0 Å². The van der Waals surface area contributed by atoms with Crippen LogP contribution in [0.25, 0.3) is 0 Å². The fourth-order valence-corrected chi connectivity index (χ4v) is 0. The summed E-state index contributed by atoms with van der Waals surface area (Å²) in [5.74, 6) is 15.1. The standard InChI is InChI=1S/C3H7.3ClH.Nd/c1-3-2;;;;/h3H,1-2H3;3*1H;/q;;;;+3/p-3. The van der Waals surface area contributed by atoms with Crippen molar-refractivity contribution in [1.82, 2.24) is 0 Å². The van der Waals surface area contributed by atoms with E-state index < -0.39 is 29.9 Å². The summed E-state index contributed by atoms with van der Waals surface area (Å²) >= 11 is -2.24. The predicted molar refractivity (Wildman–Crippen MR) is 33.2 cm³/mol. The summed E-state index contributed by atoms with van der Waals surface area (Å²) < 4.78 is 0. The van der Waals surface area contributed by atoms with Crippen molar-refractivity contribution >= 4 is 17.4 Å². The van der Waals surface area contributed by atoms with Crippen molar-refractivity contribution in [2.24, 2.45) is 0 Å². The Balaban J connectivity index is 0. The maximum atomic E-state index is 5.02. The summed E-state index contributed by atoms with van der Waals surface area (Å²) in [4.78, 5) is 0. The topological polar surface area (TPSA) is 0 Å². The zero-order valence-corrected chi connectivity index (χ0v) is 9.69. The Labute approximate surface area is 66.2 Å². The van der Waals surface area contributed by atoms with E-state index in [0.717, 1.165) is 0 Å². The van der Waals surface area contributed by atoms with Gasteiger partial charge in [-0.25, -0.2) is 0 Å². The van der Waals surface area contributed by atoms with E-state index >= 15 is 0 Å². The van der Waals surface area contributed by atoms with Crippen LogP contribution in [0.5, 0.6) is 0 Å². The number of hydrogen-bond acceptors (Lipinski definition) is 0. The first kappa shape index (κ1) is 12.0. The maximum absolute atomic E-state index is 5.02. The molecule has 0 atom stereocenters. The van der Waals surface area contributed by atoms with E-state index in [-0.39, 0.29) is 0 Å². The van der Waals surface area contributed by atoms with Crippen LogP contribution in [-0.4, -0.2) is 0 Å². The van der Waals surface area contributed by atoms with Gasteiger partial charge in [-0.1, -0.05) is 13.8 Å². The van der Waals surface area contributed by atoms with Crippen LogP contribution in [0.15, 0.2) is 0 Å². The van der Waals surface area contributed by atoms with Crippen molar-refractivity contribution in [3.8, 4) is 0 Å². The van der Waals surface area contributed by atoms with Gasteiger partial charge in [0.25, 0.3) is 0 Å². The molecule has 0 amide bonds. The molecule has 0 saturated carbocycles. The van der Waals surface area contributed by atoms with Crippen LogP contribution in [0.1, 0.15) is 13.8 Å². The zero-order chi connectivity index (χ0) is 6.28. The summed E-state index contributed by atoms with van der Waals surface area (Å²) in [5.41, 5.74) is 0. The second kappa shape index (κ2) is 11.1. The van der Waals surface area contributed by atoms with Crippen LogP contribution < -0.4 is 0 Å². The van der Waals surface area contributed by atoms with Gasteiger partial charge in [-0.05, 0) is 6.42 Å². The van der Waals surface area contributed by atoms with E-state index in [1.165, 1.54) is 0 Å². The van der Waals surface area contributed by atoms with Crippen LogP contribution >= 0.6 is 17.4 Å². The van der Waals surface area contributed by atoms with Gasteiger partial charge in [0, 0.05) is 0 Å². The molecule has 0 rings (SSSR count). The minimum absolute atomic E-state index is 2.00. The predicted octanol–water partition coefficient (Wildman–Crippen LogP) is 3.30. The number of rotatable bonds is 0. The van der Waals surface area contributed by atoms with Crippen LogP contribution in [-0.2, 0) is 0 Å². The molecule has 0 N–H and O–H groups in total. The van der Waals surface area contributed by atoms with Crippen LogP contribution in [0.3, 0.4) is 0 Å². The molecule has 0 nitrogen and oxygen atoms in total. The van der Waals surface area contributed by atoms with Gasteiger partial charge in [0.05, 0.1) is 0 Å². The number of halogens is 3. The molecule has 0 fully saturated rings. The monoisotopic (exact) mass is 290 g/mol. The van der Waals surface area contributed by atoms with Crippen molar-refractivity contribution in [3.63, 3.8) is 0 Å². The molecule has 0 bridgehead atoms. The van der Waals surface area contributed by atoms with Gasteiger partial charge in [0.15, 0.2) is 0 Å². The first-order valence-corrected chi connectivity index (χ1v) is 13.8. The third kappa shape index (κ3) is 64.5. The van der Waals surface area contributed by atoms with Crippen molar-refractivity contribution in [2.45, 2.75) is 13.8 Å². The molecular formula is C3H7Cl3Nd. The normalized spacial score (nSPS) is 6.43. The van der Waals surface area contributed by atoms with Gasteiger partial charge in [-0.2, -0.15) is 0 Å². The minimum atomic E-state index is -2.24. The average Bonchev–Trinajstić information content (AvgIpc) is 1.33. The Kier molecular flexibility index (Phi) is 18.9. The molecule has 7 heavy (non-hydrogen) atoms. The molecule has 0 aliphatic heterocycles. The van der Waals surface area contributed by atoms with E-state index in [1.54, 1.807) is 0 Å². The van der Waals surface area contributed by atoms with Crippen LogP contribution in [0.4, 0.5) is 0 Å². The molecule has 0 saturated heterocycles. The van der Waals surface area contributed by atoms with E-state index in [4.69, 9.17) is 17.4 Å². The van der Waals surface area contributed by atoms with Crippen LogP contribution in [0.2, 0.25) is 0 Å². The second-order valence-corrected chi connectivity index (χ2v) is 14.9. The molecule has 0 aliphatic rings. The first-order chi connectivity index (χ1) is 3.15. The fourth-order valence-electron chi connectivity index (χ4n) is 0. The molecule has 44 valence electrons. The van der Waals surface area contributed by atoms with Gasteiger partial charge >= 0.3 is 47.3 Å². The van der Waals surface area contributed by atoms with Gasteiger partial charge < -0.3 is 0 Å². The Bertz CT molecular complexity index is 21.4. The zero-order valence-electron chi connectivity index (χ0n) is 4.21. The van der Waals surface area contributed by atoms with Gasteiger partial charge in [0.2, 0.25) is 0 Å². The first-order valence-electron chi connectivity index (χ1n) is 1.72. The Hall–Kier alpha value is 2.22. The number of hydrogen-bond donors (Lipinski definition) is 0.